The third-order valence-electron chi connectivity index (χ3n) is 5.88. The van der Waals surface area contributed by atoms with E-state index in [-0.39, 0.29) is 63.9 Å². The molecule has 0 aliphatic rings. The summed E-state index contributed by atoms with van der Waals surface area (Å²) in [5, 5.41) is 0. The summed E-state index contributed by atoms with van der Waals surface area (Å²) in [7, 11) is -4.56. The third kappa shape index (κ3) is 27.5. The van der Waals surface area contributed by atoms with Gasteiger partial charge in [0.1, 0.15) is 0 Å². The van der Waals surface area contributed by atoms with Crippen LogP contribution in [0.5, 0.6) is 0 Å². The van der Waals surface area contributed by atoms with Crippen molar-refractivity contribution in [3.63, 3.8) is 0 Å². The van der Waals surface area contributed by atoms with Crippen LogP contribution in [0.25, 0.3) is 0 Å². The molecule has 0 rings (SSSR count). The molecule has 0 N–H and O–H groups in total. The van der Waals surface area contributed by atoms with Crippen molar-refractivity contribution in [3.8, 4) is 0 Å². The maximum Gasteiger partial charge on any atom is 1.00 e. The number of hydrogen-bond donors (Lipinski definition) is 0. The Balaban J connectivity index is 0. The Morgan fingerprint density at radius 3 is 1.23 bits per heavy atom. The summed E-state index contributed by atoms with van der Waals surface area (Å²) in [5.41, 5.74) is 0. The Kier molecular flexibility index (Phi) is 28.2. The molecule has 176 valence electrons. The summed E-state index contributed by atoms with van der Waals surface area (Å²) in [6.45, 7) is 4.51. The maximum atomic E-state index is 10.7. The summed E-state index contributed by atoms with van der Waals surface area (Å²) in [6.07, 6.45) is 25.4. The van der Waals surface area contributed by atoms with Crippen molar-refractivity contribution in [1.29, 1.82) is 0 Å². The molecular weight excluding hydrogens is 423 g/mol. The fourth-order valence-electron chi connectivity index (χ4n) is 3.98. The van der Waals surface area contributed by atoms with Gasteiger partial charge in [0.2, 0.25) is 10.4 Å². The van der Waals surface area contributed by atoms with Gasteiger partial charge in [-0.1, -0.05) is 129 Å². The van der Waals surface area contributed by atoms with Crippen LogP contribution in [0.15, 0.2) is 0 Å². The molecule has 1 unspecified atom stereocenters. The smallest absolute Gasteiger partial charge is 0.726 e. The second-order valence-corrected chi connectivity index (χ2v) is 9.85. The molecule has 0 saturated carbocycles. The molecule has 0 aromatic carbocycles. The Hall–Kier alpha value is 1.51. The largest absolute Gasteiger partial charge is 1.00 e. The van der Waals surface area contributed by atoms with E-state index in [2.05, 4.69) is 18.0 Å². The van der Waals surface area contributed by atoms with Crippen molar-refractivity contribution in [3.05, 3.63) is 0 Å². The van der Waals surface area contributed by atoms with Gasteiger partial charge in [-0.2, -0.15) is 0 Å². The molecule has 0 spiro atoms. The second-order valence-electron chi connectivity index (χ2n) is 8.79. The molecule has 6 heteroatoms. The molecule has 1 atom stereocenters. The number of unbranched alkanes of at least 4 members (excludes halogenated alkanes) is 16. The Bertz CT molecular complexity index is 429. The molecule has 0 aromatic rings. The maximum absolute atomic E-state index is 10.7. The predicted molar refractivity (Wildman–Crippen MR) is 123 cm³/mol. The summed E-state index contributed by atoms with van der Waals surface area (Å²) < 4.78 is 36.7. The van der Waals surface area contributed by atoms with Crippen LogP contribution in [0.2, 0.25) is 0 Å². The van der Waals surface area contributed by atoms with E-state index in [0.717, 1.165) is 25.7 Å². The van der Waals surface area contributed by atoms with Crippen LogP contribution in [0.4, 0.5) is 0 Å². The van der Waals surface area contributed by atoms with Gasteiger partial charge in [0.05, 0.1) is 6.61 Å². The van der Waals surface area contributed by atoms with E-state index in [1.165, 1.54) is 103 Å². The van der Waals surface area contributed by atoms with Crippen LogP contribution < -0.4 is 51.4 Å². The minimum atomic E-state index is -4.56. The molecule has 0 bridgehead atoms. The Labute approximate surface area is 231 Å². The van der Waals surface area contributed by atoms with Crippen LogP contribution in [-0.2, 0) is 14.6 Å². The average molecular weight is 473 g/mol. The monoisotopic (exact) mass is 472 g/mol. The first-order valence-electron chi connectivity index (χ1n) is 12.6. The van der Waals surface area contributed by atoms with Crippen LogP contribution in [0, 0.1) is 5.92 Å². The van der Waals surface area contributed by atoms with Crippen molar-refractivity contribution in [1.82, 2.24) is 0 Å². The van der Waals surface area contributed by atoms with Gasteiger partial charge in [0.25, 0.3) is 0 Å². The van der Waals surface area contributed by atoms with E-state index in [1.807, 2.05) is 0 Å². The number of hydrogen-bond acceptors (Lipinski definition) is 4. The van der Waals surface area contributed by atoms with Crippen molar-refractivity contribution in [2.45, 2.75) is 142 Å². The molecule has 0 amide bonds. The Morgan fingerprint density at radius 2 is 0.900 bits per heavy atom. The molecule has 4 nitrogen and oxygen atoms in total. The third-order valence-corrected chi connectivity index (χ3v) is 6.30. The molecule has 0 aliphatic carbocycles. The first kappa shape index (κ1) is 33.7. The summed E-state index contributed by atoms with van der Waals surface area (Å²) in [6, 6.07) is 0. The molecular formula is C24H49KO4S. The van der Waals surface area contributed by atoms with E-state index < -0.39 is 10.4 Å². The van der Waals surface area contributed by atoms with E-state index in [9.17, 15) is 13.0 Å². The first-order valence-corrected chi connectivity index (χ1v) is 13.9. The minimum Gasteiger partial charge on any atom is -0.726 e. The predicted octanol–water partition coefficient (Wildman–Crippen LogP) is 4.93. The van der Waals surface area contributed by atoms with Gasteiger partial charge in [0.15, 0.2) is 0 Å². The standard InChI is InChI=1S/C24H50O4S.K/c1-3-5-7-9-10-11-12-13-14-15-16-17-18-20-22-24(21-19-8-6-4-2)23-28-29(25,26)27;/h24H,3-23H2,1-2H3,(H,25,26,27);/q;+1/p-1. The topological polar surface area (TPSA) is 66.4 Å². The Morgan fingerprint density at radius 1 is 0.600 bits per heavy atom. The zero-order valence-electron chi connectivity index (χ0n) is 20.5. The van der Waals surface area contributed by atoms with Crippen LogP contribution in [0.1, 0.15) is 142 Å². The van der Waals surface area contributed by atoms with Crippen molar-refractivity contribution >= 4 is 10.4 Å². The fraction of sp³-hybridized carbons (Fsp3) is 1.00. The van der Waals surface area contributed by atoms with Gasteiger partial charge in [-0.3, -0.25) is 4.18 Å². The molecule has 0 aliphatic heterocycles. The van der Waals surface area contributed by atoms with E-state index in [0.29, 0.717) is 0 Å². The average Bonchev–Trinajstić information content (AvgIpc) is 2.68. The van der Waals surface area contributed by atoms with Gasteiger partial charge >= 0.3 is 51.4 Å². The van der Waals surface area contributed by atoms with E-state index in [1.54, 1.807) is 0 Å². The minimum absolute atomic E-state index is 0. The van der Waals surface area contributed by atoms with Gasteiger partial charge in [-0.15, -0.1) is 0 Å². The van der Waals surface area contributed by atoms with Gasteiger partial charge in [-0.05, 0) is 18.8 Å². The van der Waals surface area contributed by atoms with Crippen molar-refractivity contribution < 1.29 is 68.5 Å². The fourth-order valence-corrected chi connectivity index (χ4v) is 4.34. The van der Waals surface area contributed by atoms with E-state index >= 15 is 0 Å². The van der Waals surface area contributed by atoms with Gasteiger partial charge < -0.3 is 4.55 Å². The molecule has 0 aromatic heterocycles. The quantitative estimate of drug-likeness (QED) is 0.0915. The molecule has 30 heavy (non-hydrogen) atoms. The molecule has 0 radical (unpaired) electrons. The summed E-state index contributed by atoms with van der Waals surface area (Å²) >= 11 is 0. The normalized spacial score (nSPS) is 12.6. The zero-order valence-corrected chi connectivity index (χ0v) is 24.4. The van der Waals surface area contributed by atoms with Crippen LogP contribution in [0.3, 0.4) is 0 Å². The number of rotatable bonds is 23. The van der Waals surface area contributed by atoms with Gasteiger partial charge in [-0.25, -0.2) is 8.42 Å². The van der Waals surface area contributed by atoms with Crippen LogP contribution >= 0.6 is 0 Å². The molecule has 0 saturated heterocycles. The van der Waals surface area contributed by atoms with Crippen LogP contribution in [-0.4, -0.2) is 19.6 Å². The summed E-state index contributed by atoms with van der Waals surface area (Å²) in [4.78, 5) is 0. The SMILES string of the molecule is CCCCCCCCCCCCCCCCC(CCCCCC)COS(=O)(=O)[O-].[K+]. The van der Waals surface area contributed by atoms with E-state index in [4.69, 9.17) is 0 Å². The summed E-state index contributed by atoms with van der Waals surface area (Å²) in [5.74, 6) is 0.202. The first-order chi connectivity index (χ1) is 14.0. The zero-order chi connectivity index (χ0) is 21.6. The molecule has 0 fully saturated rings. The molecule has 0 heterocycles. The van der Waals surface area contributed by atoms with Crippen molar-refractivity contribution in [2.24, 2.45) is 5.92 Å². The van der Waals surface area contributed by atoms with Crippen molar-refractivity contribution in [2.75, 3.05) is 6.61 Å². The second kappa shape index (κ2) is 25.1. The van der Waals surface area contributed by atoms with Gasteiger partial charge in [0, 0.05) is 0 Å².